The smallest absolute Gasteiger partial charge is 0.125 e. The minimum absolute atomic E-state index is 0.280. The van der Waals surface area contributed by atoms with E-state index < -0.39 is 0 Å². The van der Waals surface area contributed by atoms with Crippen molar-refractivity contribution in [2.24, 2.45) is 5.73 Å². The SMILES string of the molecule is Cc1ncc(C2(CCN)CCCC2)cn1. The first-order chi connectivity index (χ1) is 7.27. The summed E-state index contributed by atoms with van der Waals surface area (Å²) in [7, 11) is 0. The summed E-state index contributed by atoms with van der Waals surface area (Å²) in [6.45, 7) is 2.68. The van der Waals surface area contributed by atoms with Crippen molar-refractivity contribution >= 4 is 0 Å². The van der Waals surface area contributed by atoms with Gasteiger partial charge in [0.1, 0.15) is 5.82 Å². The molecule has 0 bridgehead atoms. The van der Waals surface area contributed by atoms with E-state index in [4.69, 9.17) is 5.73 Å². The quantitative estimate of drug-likeness (QED) is 0.820. The molecule has 1 aliphatic carbocycles. The third-order valence-corrected chi connectivity index (χ3v) is 3.58. The Labute approximate surface area is 91.1 Å². The minimum atomic E-state index is 0.280. The highest BCUT2D eigenvalue weighted by atomic mass is 14.8. The van der Waals surface area contributed by atoms with Crippen molar-refractivity contribution < 1.29 is 0 Å². The fourth-order valence-electron chi connectivity index (χ4n) is 2.68. The lowest BCUT2D eigenvalue weighted by atomic mass is 9.77. The van der Waals surface area contributed by atoms with Crippen molar-refractivity contribution in [1.29, 1.82) is 0 Å². The molecule has 3 heteroatoms. The van der Waals surface area contributed by atoms with Crippen LogP contribution in [0.25, 0.3) is 0 Å². The molecule has 2 N–H and O–H groups in total. The molecule has 82 valence electrons. The Bertz CT molecular complexity index is 312. The summed E-state index contributed by atoms with van der Waals surface area (Å²) >= 11 is 0. The molecule has 1 saturated carbocycles. The molecule has 1 fully saturated rings. The van der Waals surface area contributed by atoms with Gasteiger partial charge in [0.05, 0.1) is 0 Å². The Morgan fingerprint density at radius 1 is 1.27 bits per heavy atom. The van der Waals surface area contributed by atoms with Gasteiger partial charge in [-0.25, -0.2) is 9.97 Å². The topological polar surface area (TPSA) is 51.8 Å². The van der Waals surface area contributed by atoms with Gasteiger partial charge in [0.2, 0.25) is 0 Å². The van der Waals surface area contributed by atoms with E-state index in [2.05, 4.69) is 9.97 Å². The normalized spacial score (nSPS) is 19.3. The van der Waals surface area contributed by atoms with E-state index >= 15 is 0 Å². The van der Waals surface area contributed by atoms with Crippen molar-refractivity contribution in [3.05, 3.63) is 23.8 Å². The standard InChI is InChI=1S/C12H19N3/c1-10-14-8-11(9-15-10)12(6-7-13)4-2-3-5-12/h8-9H,2-7,13H2,1H3. The van der Waals surface area contributed by atoms with E-state index in [1.165, 1.54) is 31.2 Å². The Morgan fingerprint density at radius 3 is 2.40 bits per heavy atom. The fourth-order valence-corrected chi connectivity index (χ4v) is 2.68. The number of aryl methyl sites for hydroxylation is 1. The van der Waals surface area contributed by atoms with Gasteiger partial charge in [-0.15, -0.1) is 0 Å². The van der Waals surface area contributed by atoms with E-state index in [9.17, 15) is 0 Å². The van der Waals surface area contributed by atoms with E-state index in [0.29, 0.717) is 0 Å². The van der Waals surface area contributed by atoms with Crippen LogP contribution in [0.3, 0.4) is 0 Å². The lowest BCUT2D eigenvalue weighted by molar-refractivity contribution is 0.409. The lowest BCUT2D eigenvalue weighted by Crippen LogP contribution is -2.26. The van der Waals surface area contributed by atoms with Crippen molar-refractivity contribution in [3.8, 4) is 0 Å². The maximum Gasteiger partial charge on any atom is 0.125 e. The number of nitrogens with two attached hydrogens (primary N) is 1. The van der Waals surface area contributed by atoms with Crippen LogP contribution in [-0.2, 0) is 5.41 Å². The maximum atomic E-state index is 5.72. The van der Waals surface area contributed by atoms with Crippen molar-refractivity contribution in [3.63, 3.8) is 0 Å². The second kappa shape index (κ2) is 4.27. The zero-order valence-corrected chi connectivity index (χ0v) is 9.37. The summed E-state index contributed by atoms with van der Waals surface area (Å²) in [6, 6.07) is 0. The van der Waals surface area contributed by atoms with Gasteiger partial charge in [-0.1, -0.05) is 12.8 Å². The van der Waals surface area contributed by atoms with Gasteiger partial charge in [0.15, 0.2) is 0 Å². The molecule has 0 unspecified atom stereocenters. The van der Waals surface area contributed by atoms with Crippen LogP contribution >= 0.6 is 0 Å². The van der Waals surface area contributed by atoms with Gasteiger partial charge < -0.3 is 5.73 Å². The largest absolute Gasteiger partial charge is 0.330 e. The third-order valence-electron chi connectivity index (χ3n) is 3.58. The number of hydrogen-bond acceptors (Lipinski definition) is 3. The van der Waals surface area contributed by atoms with Crippen molar-refractivity contribution in [2.45, 2.75) is 44.4 Å². The molecule has 0 atom stereocenters. The second-order valence-electron chi connectivity index (χ2n) is 4.55. The number of hydrogen-bond donors (Lipinski definition) is 1. The molecule has 1 aromatic rings. The zero-order valence-electron chi connectivity index (χ0n) is 9.37. The molecule has 3 nitrogen and oxygen atoms in total. The molecule has 0 amide bonds. The highest BCUT2D eigenvalue weighted by molar-refractivity contribution is 5.21. The van der Waals surface area contributed by atoms with Crippen LogP contribution < -0.4 is 5.73 Å². The van der Waals surface area contributed by atoms with Crippen LogP contribution in [0.4, 0.5) is 0 Å². The van der Waals surface area contributed by atoms with Crippen molar-refractivity contribution in [1.82, 2.24) is 9.97 Å². The third kappa shape index (κ3) is 2.02. The molecule has 0 aromatic carbocycles. The van der Waals surface area contributed by atoms with Crippen LogP contribution in [0.5, 0.6) is 0 Å². The van der Waals surface area contributed by atoms with Gasteiger partial charge in [0, 0.05) is 12.4 Å². The average Bonchev–Trinajstić information content (AvgIpc) is 2.69. The van der Waals surface area contributed by atoms with Gasteiger partial charge in [-0.2, -0.15) is 0 Å². The lowest BCUT2D eigenvalue weighted by Gasteiger charge is -2.28. The van der Waals surface area contributed by atoms with Gasteiger partial charge in [-0.05, 0) is 43.7 Å². The van der Waals surface area contributed by atoms with E-state index in [0.717, 1.165) is 18.8 Å². The summed E-state index contributed by atoms with van der Waals surface area (Å²) in [5.74, 6) is 0.847. The summed E-state index contributed by atoms with van der Waals surface area (Å²) in [4.78, 5) is 8.60. The van der Waals surface area contributed by atoms with Gasteiger partial charge >= 0.3 is 0 Å². The minimum Gasteiger partial charge on any atom is -0.330 e. The molecule has 1 aliphatic rings. The summed E-state index contributed by atoms with van der Waals surface area (Å²) in [5, 5.41) is 0. The van der Waals surface area contributed by atoms with E-state index in [1.807, 2.05) is 19.3 Å². The molecule has 1 aromatic heterocycles. The summed E-state index contributed by atoms with van der Waals surface area (Å²) in [6.07, 6.45) is 10.2. The number of rotatable bonds is 3. The molecule has 0 spiro atoms. The predicted molar refractivity (Wildman–Crippen MR) is 60.6 cm³/mol. The molecule has 0 radical (unpaired) electrons. The van der Waals surface area contributed by atoms with Crippen LogP contribution in [-0.4, -0.2) is 16.5 Å². The number of nitrogens with zero attached hydrogens (tertiary/aromatic N) is 2. The zero-order chi connectivity index (χ0) is 10.7. The molecule has 1 heterocycles. The molecule has 15 heavy (non-hydrogen) atoms. The maximum absolute atomic E-state index is 5.72. The van der Waals surface area contributed by atoms with E-state index in [-0.39, 0.29) is 5.41 Å². The van der Waals surface area contributed by atoms with Crippen LogP contribution in [0.15, 0.2) is 12.4 Å². The molecule has 0 aliphatic heterocycles. The average molecular weight is 205 g/mol. The van der Waals surface area contributed by atoms with Crippen molar-refractivity contribution in [2.75, 3.05) is 6.54 Å². The molecular weight excluding hydrogens is 186 g/mol. The first-order valence-electron chi connectivity index (χ1n) is 5.76. The van der Waals surface area contributed by atoms with E-state index in [1.54, 1.807) is 0 Å². The predicted octanol–water partition coefficient (Wildman–Crippen LogP) is 1.95. The first kappa shape index (κ1) is 10.6. The van der Waals surface area contributed by atoms with Crippen LogP contribution in [0.2, 0.25) is 0 Å². The first-order valence-corrected chi connectivity index (χ1v) is 5.76. The Hall–Kier alpha value is -0.960. The second-order valence-corrected chi connectivity index (χ2v) is 4.55. The van der Waals surface area contributed by atoms with Crippen LogP contribution in [0, 0.1) is 6.92 Å². The van der Waals surface area contributed by atoms with Gasteiger partial charge in [0.25, 0.3) is 0 Å². The Kier molecular flexibility index (Phi) is 3.00. The Morgan fingerprint density at radius 2 is 1.87 bits per heavy atom. The highest BCUT2D eigenvalue weighted by Crippen LogP contribution is 2.42. The Balaban J connectivity index is 2.28. The highest BCUT2D eigenvalue weighted by Gasteiger charge is 2.35. The molecule has 0 saturated heterocycles. The number of aromatic nitrogens is 2. The summed E-state index contributed by atoms with van der Waals surface area (Å²) < 4.78 is 0. The monoisotopic (exact) mass is 205 g/mol. The fraction of sp³-hybridized carbons (Fsp3) is 0.667. The summed E-state index contributed by atoms with van der Waals surface area (Å²) in [5.41, 5.74) is 7.29. The molecule has 2 rings (SSSR count). The molecular formula is C12H19N3. The van der Waals surface area contributed by atoms with Gasteiger partial charge in [-0.3, -0.25) is 0 Å². The van der Waals surface area contributed by atoms with Crippen LogP contribution in [0.1, 0.15) is 43.5 Å².